The summed E-state index contributed by atoms with van der Waals surface area (Å²) >= 11 is 3.48. The molecule has 3 aromatic rings. The lowest BCUT2D eigenvalue weighted by atomic mass is 9.95. The maximum atomic E-state index is 13.2. The third-order valence-corrected chi connectivity index (χ3v) is 6.28. The Balaban J connectivity index is 1.73. The first kappa shape index (κ1) is 23.8. The van der Waals surface area contributed by atoms with Gasteiger partial charge in [0.15, 0.2) is 0 Å². The Kier molecular flexibility index (Phi) is 7.48. The first-order chi connectivity index (χ1) is 16.5. The lowest BCUT2D eigenvalue weighted by molar-refractivity contribution is -0.139. The van der Waals surface area contributed by atoms with Crippen molar-refractivity contribution >= 4 is 33.4 Å². The van der Waals surface area contributed by atoms with Crippen LogP contribution in [0.15, 0.2) is 88.9 Å². The molecule has 3 aromatic carbocycles. The minimum atomic E-state index is -0.683. The van der Waals surface area contributed by atoms with Crippen LogP contribution in [0.1, 0.15) is 36.1 Å². The molecule has 34 heavy (non-hydrogen) atoms. The third-order valence-electron chi connectivity index (χ3n) is 5.79. The second kappa shape index (κ2) is 10.7. The van der Waals surface area contributed by atoms with Crippen molar-refractivity contribution in [3.63, 3.8) is 0 Å². The predicted octanol–water partition coefficient (Wildman–Crippen LogP) is 5.90. The summed E-state index contributed by atoms with van der Waals surface area (Å²) in [5.41, 5.74) is 2.38. The van der Waals surface area contributed by atoms with Gasteiger partial charge in [-0.05, 0) is 60.4 Å². The number of hydrogen-bond donors (Lipinski definition) is 1. The molecule has 4 rings (SSSR count). The van der Waals surface area contributed by atoms with Crippen LogP contribution in [0.3, 0.4) is 0 Å². The lowest BCUT2D eigenvalue weighted by Gasteiger charge is -2.25. The second-order valence-corrected chi connectivity index (χ2v) is 9.07. The minimum Gasteiger partial charge on any atom is -0.507 e. The number of likely N-dealkylation sites (tertiary alicyclic amines) is 1. The predicted molar refractivity (Wildman–Crippen MR) is 136 cm³/mol. The number of aliphatic hydroxyl groups is 1. The van der Waals surface area contributed by atoms with Gasteiger partial charge in [-0.2, -0.15) is 0 Å². The molecular formula is C28H26BrNO4. The zero-order valence-corrected chi connectivity index (χ0v) is 20.5. The zero-order chi connectivity index (χ0) is 24.1. The third kappa shape index (κ3) is 5.07. The Morgan fingerprint density at radius 2 is 1.74 bits per heavy atom. The van der Waals surface area contributed by atoms with Crippen molar-refractivity contribution in [3.8, 4) is 5.75 Å². The molecule has 5 nitrogen and oxygen atoms in total. The topological polar surface area (TPSA) is 66.8 Å². The highest BCUT2D eigenvalue weighted by Gasteiger charge is 2.45. The first-order valence-electron chi connectivity index (χ1n) is 11.3. The molecule has 1 amide bonds. The summed E-state index contributed by atoms with van der Waals surface area (Å²) in [5, 5.41) is 11.2. The van der Waals surface area contributed by atoms with Gasteiger partial charge in [-0.1, -0.05) is 65.3 Å². The van der Waals surface area contributed by atoms with Crippen LogP contribution >= 0.6 is 15.9 Å². The number of amides is 1. The summed E-state index contributed by atoms with van der Waals surface area (Å²) < 4.78 is 6.45. The van der Waals surface area contributed by atoms with E-state index in [4.69, 9.17) is 4.74 Å². The van der Waals surface area contributed by atoms with E-state index >= 15 is 0 Å². The highest BCUT2D eigenvalue weighted by Crippen LogP contribution is 2.40. The Labute approximate surface area is 207 Å². The van der Waals surface area contributed by atoms with E-state index in [1.807, 2.05) is 61.5 Å². The van der Waals surface area contributed by atoms with E-state index in [0.717, 1.165) is 22.0 Å². The summed E-state index contributed by atoms with van der Waals surface area (Å²) in [6, 6.07) is 23.5. The quantitative estimate of drug-likeness (QED) is 0.228. The van der Waals surface area contributed by atoms with E-state index in [2.05, 4.69) is 15.9 Å². The largest absolute Gasteiger partial charge is 0.507 e. The van der Waals surface area contributed by atoms with Crippen molar-refractivity contribution in [3.05, 3.63) is 106 Å². The average molecular weight is 520 g/mol. The number of halogens is 1. The molecular weight excluding hydrogens is 494 g/mol. The van der Waals surface area contributed by atoms with Crippen LogP contribution in [-0.2, 0) is 16.0 Å². The number of carbonyl (C=O) groups excluding carboxylic acids is 2. The van der Waals surface area contributed by atoms with E-state index in [-0.39, 0.29) is 11.3 Å². The Morgan fingerprint density at radius 3 is 2.41 bits per heavy atom. The summed E-state index contributed by atoms with van der Waals surface area (Å²) in [7, 11) is 0. The fourth-order valence-corrected chi connectivity index (χ4v) is 4.53. The van der Waals surface area contributed by atoms with E-state index in [9.17, 15) is 14.7 Å². The van der Waals surface area contributed by atoms with Crippen molar-refractivity contribution in [1.82, 2.24) is 4.90 Å². The molecule has 0 spiro atoms. The zero-order valence-electron chi connectivity index (χ0n) is 18.9. The minimum absolute atomic E-state index is 0.0957. The number of Topliss-reactive ketones (excluding diaryl/α,β-unsaturated/α-hetero) is 1. The van der Waals surface area contributed by atoms with Crippen molar-refractivity contribution in [2.75, 3.05) is 13.2 Å². The number of carbonyl (C=O) groups is 2. The molecule has 0 aromatic heterocycles. The maximum Gasteiger partial charge on any atom is 0.295 e. The van der Waals surface area contributed by atoms with Crippen molar-refractivity contribution in [2.45, 2.75) is 25.8 Å². The maximum absolute atomic E-state index is 13.2. The van der Waals surface area contributed by atoms with Gasteiger partial charge in [0.2, 0.25) is 0 Å². The SMILES string of the molecule is CCCOc1ccc(/C(O)=C2\C(=O)C(=O)N(CCc3ccccc3)C2c2cccc(Br)c2)cc1. The van der Waals surface area contributed by atoms with Gasteiger partial charge in [0.1, 0.15) is 11.5 Å². The van der Waals surface area contributed by atoms with Crippen LogP contribution in [0.5, 0.6) is 5.75 Å². The highest BCUT2D eigenvalue weighted by atomic mass is 79.9. The van der Waals surface area contributed by atoms with E-state index in [1.165, 1.54) is 0 Å². The van der Waals surface area contributed by atoms with Crippen LogP contribution in [0.25, 0.3) is 5.76 Å². The van der Waals surface area contributed by atoms with Crippen LogP contribution in [-0.4, -0.2) is 34.8 Å². The summed E-state index contributed by atoms with van der Waals surface area (Å²) in [5.74, 6) is -0.787. The molecule has 1 N–H and O–H groups in total. The molecule has 1 fully saturated rings. The molecule has 0 saturated carbocycles. The van der Waals surface area contributed by atoms with Crippen molar-refractivity contribution < 1.29 is 19.4 Å². The summed E-state index contributed by atoms with van der Waals surface area (Å²) in [6.07, 6.45) is 1.49. The molecule has 0 bridgehead atoms. The van der Waals surface area contributed by atoms with Crippen molar-refractivity contribution in [1.29, 1.82) is 0 Å². The molecule has 6 heteroatoms. The van der Waals surface area contributed by atoms with Crippen LogP contribution in [0.4, 0.5) is 0 Å². The number of rotatable bonds is 8. The van der Waals surface area contributed by atoms with Gasteiger partial charge in [0, 0.05) is 16.6 Å². The highest BCUT2D eigenvalue weighted by molar-refractivity contribution is 9.10. The van der Waals surface area contributed by atoms with Gasteiger partial charge in [0.25, 0.3) is 11.7 Å². The van der Waals surface area contributed by atoms with Crippen molar-refractivity contribution in [2.24, 2.45) is 0 Å². The van der Waals surface area contributed by atoms with Gasteiger partial charge in [-0.15, -0.1) is 0 Å². The summed E-state index contributed by atoms with van der Waals surface area (Å²) in [4.78, 5) is 27.8. The number of hydrogen-bond acceptors (Lipinski definition) is 4. The number of ketones is 1. The van der Waals surface area contributed by atoms with Crippen LogP contribution in [0.2, 0.25) is 0 Å². The standard InChI is InChI=1S/C28H26BrNO4/c1-2-17-34-23-13-11-20(12-14-23)26(31)24-25(21-9-6-10-22(29)18-21)30(28(33)27(24)32)16-15-19-7-4-3-5-8-19/h3-14,18,25,31H,2,15-17H2,1H3/b26-24+. The molecule has 174 valence electrons. The molecule has 1 aliphatic rings. The molecule has 1 atom stereocenters. The van der Waals surface area contributed by atoms with Crippen LogP contribution < -0.4 is 4.74 Å². The van der Waals surface area contributed by atoms with E-state index in [1.54, 1.807) is 29.2 Å². The molecule has 0 aliphatic carbocycles. The molecule has 1 heterocycles. The monoisotopic (exact) mass is 519 g/mol. The van der Waals surface area contributed by atoms with Crippen LogP contribution in [0, 0.1) is 0 Å². The number of benzene rings is 3. The van der Waals surface area contributed by atoms with Gasteiger partial charge in [-0.3, -0.25) is 9.59 Å². The normalized spacial score (nSPS) is 17.2. The van der Waals surface area contributed by atoms with E-state index < -0.39 is 17.7 Å². The Morgan fingerprint density at radius 1 is 1.00 bits per heavy atom. The number of ether oxygens (including phenoxy) is 1. The molecule has 0 radical (unpaired) electrons. The fraction of sp³-hybridized carbons (Fsp3) is 0.214. The fourth-order valence-electron chi connectivity index (χ4n) is 4.11. The molecule has 1 unspecified atom stereocenters. The second-order valence-electron chi connectivity index (χ2n) is 8.16. The molecule has 1 aliphatic heterocycles. The van der Waals surface area contributed by atoms with Gasteiger partial charge in [0.05, 0.1) is 18.2 Å². The Hall–Kier alpha value is -3.38. The van der Waals surface area contributed by atoms with Gasteiger partial charge < -0.3 is 14.7 Å². The molecule has 1 saturated heterocycles. The number of aliphatic hydroxyl groups excluding tert-OH is 1. The van der Waals surface area contributed by atoms with E-state index in [0.29, 0.717) is 30.9 Å². The Bertz CT molecular complexity index is 1200. The smallest absolute Gasteiger partial charge is 0.295 e. The van der Waals surface area contributed by atoms with Gasteiger partial charge >= 0.3 is 0 Å². The van der Waals surface area contributed by atoms with Gasteiger partial charge in [-0.25, -0.2) is 0 Å². The average Bonchev–Trinajstić information content (AvgIpc) is 3.11. The lowest BCUT2D eigenvalue weighted by Crippen LogP contribution is -2.31. The summed E-state index contributed by atoms with van der Waals surface area (Å²) in [6.45, 7) is 2.98. The number of nitrogens with zero attached hydrogens (tertiary/aromatic N) is 1. The first-order valence-corrected chi connectivity index (χ1v) is 12.1.